The largest absolute Gasteiger partial charge is 0.335 e. The number of benzene rings is 2. The molecular formula is C20H20FN3O3. The van der Waals surface area contributed by atoms with Crippen LogP contribution < -0.4 is 5.32 Å². The second-order valence-electron chi connectivity index (χ2n) is 6.32. The molecule has 2 aromatic carbocycles. The first-order valence-electron chi connectivity index (χ1n) is 8.66. The molecule has 0 atom stereocenters. The summed E-state index contributed by atoms with van der Waals surface area (Å²) in [4.78, 5) is 39.3. The molecule has 0 bridgehead atoms. The average Bonchev–Trinajstić information content (AvgIpc) is 2.67. The molecule has 0 aromatic heterocycles. The molecule has 2 aromatic rings. The van der Waals surface area contributed by atoms with E-state index in [1.165, 1.54) is 19.1 Å². The Balaban J connectivity index is 1.60. The van der Waals surface area contributed by atoms with Crippen molar-refractivity contribution in [2.24, 2.45) is 0 Å². The van der Waals surface area contributed by atoms with Gasteiger partial charge in [-0.2, -0.15) is 0 Å². The molecule has 7 heteroatoms. The molecule has 1 fully saturated rings. The van der Waals surface area contributed by atoms with Gasteiger partial charge >= 0.3 is 0 Å². The van der Waals surface area contributed by atoms with Crippen molar-refractivity contribution in [3.63, 3.8) is 0 Å². The van der Waals surface area contributed by atoms with Gasteiger partial charge in [0.1, 0.15) is 5.82 Å². The minimum absolute atomic E-state index is 0.0471. The molecular weight excluding hydrogens is 349 g/mol. The van der Waals surface area contributed by atoms with Crippen molar-refractivity contribution in [1.29, 1.82) is 0 Å². The lowest BCUT2D eigenvalue weighted by Crippen LogP contribution is -2.50. The molecule has 1 heterocycles. The number of carbonyl (C=O) groups excluding carboxylic acids is 3. The van der Waals surface area contributed by atoms with Gasteiger partial charge in [0, 0.05) is 44.4 Å². The Bertz CT molecular complexity index is 859. The van der Waals surface area contributed by atoms with E-state index in [0.717, 1.165) is 0 Å². The Kier molecular flexibility index (Phi) is 5.49. The molecule has 140 valence electrons. The third-order valence-corrected chi connectivity index (χ3v) is 4.41. The third-order valence-electron chi connectivity index (χ3n) is 4.41. The van der Waals surface area contributed by atoms with Gasteiger partial charge in [-0.1, -0.05) is 12.1 Å². The highest BCUT2D eigenvalue weighted by Gasteiger charge is 2.26. The lowest BCUT2D eigenvalue weighted by Gasteiger charge is -2.35. The monoisotopic (exact) mass is 369 g/mol. The summed E-state index contributed by atoms with van der Waals surface area (Å²) < 4.78 is 13.8. The van der Waals surface area contributed by atoms with Crippen molar-refractivity contribution in [2.75, 3.05) is 31.5 Å². The minimum atomic E-state index is -0.541. The van der Waals surface area contributed by atoms with Gasteiger partial charge in [-0.3, -0.25) is 14.4 Å². The van der Waals surface area contributed by atoms with Crippen molar-refractivity contribution in [3.8, 4) is 0 Å². The highest BCUT2D eigenvalue weighted by Crippen LogP contribution is 2.15. The highest BCUT2D eigenvalue weighted by atomic mass is 19.1. The second-order valence-corrected chi connectivity index (χ2v) is 6.32. The topological polar surface area (TPSA) is 69.7 Å². The van der Waals surface area contributed by atoms with Gasteiger partial charge in [-0.15, -0.1) is 0 Å². The Morgan fingerprint density at radius 2 is 1.41 bits per heavy atom. The normalized spacial score (nSPS) is 14.0. The van der Waals surface area contributed by atoms with Gasteiger partial charge in [0.05, 0.1) is 5.56 Å². The highest BCUT2D eigenvalue weighted by molar-refractivity contribution is 5.96. The minimum Gasteiger partial charge on any atom is -0.335 e. The quantitative estimate of drug-likeness (QED) is 0.903. The molecule has 1 N–H and O–H groups in total. The van der Waals surface area contributed by atoms with Crippen LogP contribution in [0.5, 0.6) is 0 Å². The summed E-state index contributed by atoms with van der Waals surface area (Å²) in [5, 5.41) is 2.65. The molecule has 3 rings (SSSR count). The van der Waals surface area contributed by atoms with Crippen molar-refractivity contribution >= 4 is 23.4 Å². The lowest BCUT2D eigenvalue weighted by molar-refractivity contribution is -0.114. The van der Waals surface area contributed by atoms with Gasteiger partial charge < -0.3 is 15.1 Å². The number of nitrogens with zero attached hydrogens (tertiary/aromatic N) is 2. The Labute approximate surface area is 156 Å². The predicted molar refractivity (Wildman–Crippen MR) is 99.0 cm³/mol. The fraction of sp³-hybridized carbons (Fsp3) is 0.250. The van der Waals surface area contributed by atoms with Crippen LogP contribution in [0.15, 0.2) is 48.5 Å². The van der Waals surface area contributed by atoms with E-state index in [2.05, 4.69) is 5.32 Å². The number of hydrogen-bond acceptors (Lipinski definition) is 3. The number of amides is 3. The van der Waals surface area contributed by atoms with E-state index in [4.69, 9.17) is 0 Å². The van der Waals surface area contributed by atoms with Crippen LogP contribution in [0.4, 0.5) is 10.1 Å². The zero-order valence-electron chi connectivity index (χ0n) is 14.9. The summed E-state index contributed by atoms with van der Waals surface area (Å²) in [6.07, 6.45) is 0. The van der Waals surface area contributed by atoms with Gasteiger partial charge in [0.25, 0.3) is 11.8 Å². The number of halogens is 1. The van der Waals surface area contributed by atoms with E-state index >= 15 is 0 Å². The third kappa shape index (κ3) is 4.31. The van der Waals surface area contributed by atoms with Crippen LogP contribution in [0.2, 0.25) is 0 Å². The molecule has 0 saturated carbocycles. The van der Waals surface area contributed by atoms with Crippen LogP contribution in [0.3, 0.4) is 0 Å². The fourth-order valence-corrected chi connectivity index (χ4v) is 3.00. The summed E-state index contributed by atoms with van der Waals surface area (Å²) >= 11 is 0. The number of nitrogens with one attached hydrogen (secondary N) is 1. The van der Waals surface area contributed by atoms with Crippen molar-refractivity contribution in [3.05, 3.63) is 65.5 Å². The maximum Gasteiger partial charge on any atom is 0.256 e. The Morgan fingerprint density at radius 3 is 1.96 bits per heavy atom. The Morgan fingerprint density at radius 1 is 0.852 bits per heavy atom. The summed E-state index contributed by atoms with van der Waals surface area (Å²) in [5.74, 6) is -1.22. The summed E-state index contributed by atoms with van der Waals surface area (Å²) in [5.41, 5.74) is 1.18. The molecule has 1 saturated heterocycles. The molecule has 1 aliphatic heterocycles. The van der Waals surface area contributed by atoms with E-state index in [0.29, 0.717) is 37.4 Å². The van der Waals surface area contributed by atoms with E-state index in [-0.39, 0.29) is 23.3 Å². The average molecular weight is 369 g/mol. The zero-order chi connectivity index (χ0) is 19.4. The summed E-state index contributed by atoms with van der Waals surface area (Å²) in [6.45, 7) is 2.88. The summed E-state index contributed by atoms with van der Waals surface area (Å²) in [7, 11) is 0. The van der Waals surface area contributed by atoms with Crippen molar-refractivity contribution in [1.82, 2.24) is 9.80 Å². The second kappa shape index (κ2) is 7.99. The maximum atomic E-state index is 13.8. The van der Waals surface area contributed by atoms with Gasteiger partial charge in [-0.25, -0.2) is 4.39 Å². The zero-order valence-corrected chi connectivity index (χ0v) is 14.9. The smallest absolute Gasteiger partial charge is 0.256 e. The van der Waals surface area contributed by atoms with E-state index < -0.39 is 5.82 Å². The number of piperazine rings is 1. The Hall–Kier alpha value is -3.22. The fourth-order valence-electron chi connectivity index (χ4n) is 3.00. The van der Waals surface area contributed by atoms with Crippen molar-refractivity contribution in [2.45, 2.75) is 6.92 Å². The van der Waals surface area contributed by atoms with Crippen LogP contribution in [-0.2, 0) is 4.79 Å². The van der Waals surface area contributed by atoms with E-state index in [9.17, 15) is 18.8 Å². The first-order valence-corrected chi connectivity index (χ1v) is 8.66. The van der Waals surface area contributed by atoms with Gasteiger partial charge in [0.2, 0.25) is 5.91 Å². The molecule has 6 nitrogen and oxygen atoms in total. The molecule has 27 heavy (non-hydrogen) atoms. The van der Waals surface area contributed by atoms with Crippen LogP contribution in [0.1, 0.15) is 27.6 Å². The molecule has 0 unspecified atom stereocenters. The lowest BCUT2D eigenvalue weighted by atomic mass is 10.1. The van der Waals surface area contributed by atoms with E-state index in [1.807, 2.05) is 0 Å². The number of hydrogen-bond donors (Lipinski definition) is 1. The standard InChI is InChI=1S/C20H20FN3O3/c1-14(25)22-16-8-6-15(7-9-16)19(26)23-10-12-24(13-11-23)20(27)17-4-2-3-5-18(17)21/h2-9H,10-13H2,1H3,(H,22,25). The van der Waals surface area contributed by atoms with Gasteiger partial charge in [0.15, 0.2) is 0 Å². The predicted octanol–water partition coefficient (Wildman–Crippen LogP) is 2.38. The number of anilines is 1. The first kappa shape index (κ1) is 18.6. The van der Waals surface area contributed by atoms with Crippen LogP contribution in [0.25, 0.3) is 0 Å². The molecule has 0 aliphatic carbocycles. The molecule has 1 aliphatic rings. The number of carbonyl (C=O) groups is 3. The molecule has 0 radical (unpaired) electrons. The van der Waals surface area contributed by atoms with E-state index in [1.54, 1.807) is 46.2 Å². The SMILES string of the molecule is CC(=O)Nc1ccc(C(=O)N2CCN(C(=O)c3ccccc3F)CC2)cc1. The maximum absolute atomic E-state index is 13.8. The summed E-state index contributed by atoms with van der Waals surface area (Å²) in [6, 6.07) is 12.6. The van der Waals surface area contributed by atoms with Crippen LogP contribution in [-0.4, -0.2) is 53.7 Å². The van der Waals surface area contributed by atoms with Crippen LogP contribution >= 0.6 is 0 Å². The van der Waals surface area contributed by atoms with Gasteiger partial charge in [-0.05, 0) is 36.4 Å². The van der Waals surface area contributed by atoms with Crippen LogP contribution in [0, 0.1) is 5.82 Å². The first-order chi connectivity index (χ1) is 13.0. The molecule has 3 amide bonds. The van der Waals surface area contributed by atoms with Crippen molar-refractivity contribution < 1.29 is 18.8 Å². The molecule has 0 spiro atoms. The number of rotatable bonds is 3.